The van der Waals surface area contributed by atoms with Crippen LogP contribution in [0.15, 0.2) is 34.7 Å². The SMILES string of the molecule is C[C@H](NCC[C@H](C)[S@](C)=O)c1cc2ccccc2o1. The molecule has 0 aliphatic rings. The molecule has 2 aromatic rings. The van der Waals surface area contributed by atoms with Crippen LogP contribution in [0.25, 0.3) is 11.0 Å². The first-order valence-electron chi connectivity index (χ1n) is 6.62. The van der Waals surface area contributed by atoms with Gasteiger partial charge in [-0.15, -0.1) is 0 Å². The molecule has 1 heterocycles. The maximum atomic E-state index is 11.3. The van der Waals surface area contributed by atoms with E-state index in [-0.39, 0.29) is 11.3 Å². The Labute approximate surface area is 116 Å². The van der Waals surface area contributed by atoms with Gasteiger partial charge in [-0.25, -0.2) is 0 Å². The summed E-state index contributed by atoms with van der Waals surface area (Å²) in [6.07, 6.45) is 2.67. The smallest absolute Gasteiger partial charge is 0.134 e. The predicted molar refractivity (Wildman–Crippen MR) is 80.8 cm³/mol. The first-order chi connectivity index (χ1) is 9.08. The highest BCUT2D eigenvalue weighted by atomic mass is 32.2. The highest BCUT2D eigenvalue weighted by Crippen LogP contribution is 2.23. The van der Waals surface area contributed by atoms with E-state index in [0.717, 1.165) is 29.7 Å². The average molecular weight is 279 g/mol. The minimum absolute atomic E-state index is 0.171. The summed E-state index contributed by atoms with van der Waals surface area (Å²) in [4.78, 5) is 0. The molecule has 4 heteroatoms. The second-order valence-electron chi connectivity index (χ2n) is 4.96. The summed E-state index contributed by atoms with van der Waals surface area (Å²) in [5, 5.41) is 4.78. The summed E-state index contributed by atoms with van der Waals surface area (Å²) in [6.45, 7) is 4.95. The Kier molecular flexibility index (Phi) is 4.77. The van der Waals surface area contributed by atoms with E-state index in [1.54, 1.807) is 6.26 Å². The van der Waals surface area contributed by atoms with Gasteiger partial charge in [0.25, 0.3) is 0 Å². The molecule has 0 amide bonds. The Bertz CT molecular complexity index is 531. The van der Waals surface area contributed by atoms with Gasteiger partial charge in [0.2, 0.25) is 0 Å². The number of hydrogen-bond acceptors (Lipinski definition) is 3. The Morgan fingerprint density at radius 1 is 1.32 bits per heavy atom. The van der Waals surface area contributed by atoms with Crippen molar-refractivity contribution < 1.29 is 8.63 Å². The van der Waals surface area contributed by atoms with Gasteiger partial charge >= 0.3 is 0 Å². The zero-order valence-corrected chi connectivity index (χ0v) is 12.5. The molecule has 0 fully saturated rings. The maximum absolute atomic E-state index is 11.3. The van der Waals surface area contributed by atoms with Gasteiger partial charge in [-0.05, 0) is 32.0 Å². The molecule has 19 heavy (non-hydrogen) atoms. The highest BCUT2D eigenvalue weighted by molar-refractivity contribution is 7.84. The number of para-hydroxylation sites is 1. The number of furan rings is 1. The van der Waals surface area contributed by atoms with Crippen LogP contribution in [0, 0.1) is 0 Å². The van der Waals surface area contributed by atoms with E-state index in [1.807, 2.05) is 25.1 Å². The van der Waals surface area contributed by atoms with E-state index in [1.165, 1.54) is 0 Å². The first-order valence-corrected chi connectivity index (χ1v) is 8.24. The molecule has 104 valence electrons. The van der Waals surface area contributed by atoms with Crippen LogP contribution in [0.1, 0.15) is 32.1 Å². The fourth-order valence-corrected chi connectivity index (χ4v) is 2.44. The third-order valence-electron chi connectivity index (χ3n) is 3.44. The quantitative estimate of drug-likeness (QED) is 0.882. The van der Waals surface area contributed by atoms with E-state index in [9.17, 15) is 4.21 Å². The average Bonchev–Trinajstić information content (AvgIpc) is 2.82. The lowest BCUT2D eigenvalue weighted by Gasteiger charge is -2.13. The monoisotopic (exact) mass is 279 g/mol. The van der Waals surface area contributed by atoms with Gasteiger partial charge in [0.15, 0.2) is 0 Å². The van der Waals surface area contributed by atoms with Crippen LogP contribution in [-0.4, -0.2) is 22.3 Å². The zero-order chi connectivity index (χ0) is 13.8. The third-order valence-corrected chi connectivity index (χ3v) is 4.81. The fraction of sp³-hybridized carbons (Fsp3) is 0.467. The second kappa shape index (κ2) is 6.35. The lowest BCUT2D eigenvalue weighted by Crippen LogP contribution is -2.23. The van der Waals surface area contributed by atoms with Crippen molar-refractivity contribution in [3.05, 3.63) is 36.1 Å². The molecule has 1 aromatic heterocycles. The number of benzene rings is 1. The lowest BCUT2D eigenvalue weighted by molar-refractivity contribution is 0.448. The fourth-order valence-electron chi connectivity index (χ4n) is 1.99. The van der Waals surface area contributed by atoms with Crippen LogP contribution in [-0.2, 0) is 10.8 Å². The standard InChI is InChI=1S/C15H21NO2S/c1-11(19(3)17)8-9-16-12(2)15-10-13-6-4-5-7-14(13)18-15/h4-7,10-12,16H,8-9H2,1-3H3/t11-,12-,19-/m0/s1. The largest absolute Gasteiger partial charge is 0.459 e. The molecule has 0 radical (unpaired) electrons. The van der Waals surface area contributed by atoms with Crippen LogP contribution >= 0.6 is 0 Å². The molecule has 0 bridgehead atoms. The molecule has 0 unspecified atom stereocenters. The first kappa shape index (κ1) is 14.3. The molecule has 1 N–H and O–H groups in total. The van der Waals surface area contributed by atoms with Crippen LogP contribution in [0.4, 0.5) is 0 Å². The van der Waals surface area contributed by atoms with Crippen LogP contribution in [0.3, 0.4) is 0 Å². The van der Waals surface area contributed by atoms with Crippen molar-refractivity contribution in [2.24, 2.45) is 0 Å². The van der Waals surface area contributed by atoms with Gasteiger partial charge in [-0.2, -0.15) is 0 Å². The number of hydrogen-bond donors (Lipinski definition) is 1. The van der Waals surface area contributed by atoms with Gasteiger partial charge in [0.1, 0.15) is 11.3 Å². The van der Waals surface area contributed by atoms with Gasteiger partial charge < -0.3 is 9.73 Å². The van der Waals surface area contributed by atoms with Crippen molar-refractivity contribution in [3.63, 3.8) is 0 Å². The van der Waals surface area contributed by atoms with E-state index >= 15 is 0 Å². The number of fused-ring (bicyclic) bond motifs is 1. The summed E-state index contributed by atoms with van der Waals surface area (Å²) in [5.41, 5.74) is 0.925. The topological polar surface area (TPSA) is 42.2 Å². The number of nitrogens with one attached hydrogen (secondary N) is 1. The van der Waals surface area contributed by atoms with Gasteiger partial charge in [0.05, 0.1) is 6.04 Å². The molecule has 0 saturated heterocycles. The molecule has 0 spiro atoms. The minimum Gasteiger partial charge on any atom is -0.459 e. The lowest BCUT2D eigenvalue weighted by atomic mass is 10.2. The maximum Gasteiger partial charge on any atom is 0.134 e. The summed E-state index contributed by atoms with van der Waals surface area (Å²) in [7, 11) is -0.745. The summed E-state index contributed by atoms with van der Waals surface area (Å²) >= 11 is 0. The van der Waals surface area contributed by atoms with E-state index in [2.05, 4.69) is 24.4 Å². The van der Waals surface area contributed by atoms with Crippen molar-refractivity contribution in [1.29, 1.82) is 0 Å². The van der Waals surface area contributed by atoms with E-state index in [0.29, 0.717) is 0 Å². The molecule has 1 aromatic carbocycles. The van der Waals surface area contributed by atoms with Crippen molar-refractivity contribution >= 4 is 21.8 Å². The second-order valence-corrected chi connectivity index (χ2v) is 6.76. The van der Waals surface area contributed by atoms with Crippen LogP contribution in [0.5, 0.6) is 0 Å². The normalized spacial score (nSPS) is 16.4. The number of rotatable bonds is 6. The van der Waals surface area contributed by atoms with Gasteiger partial charge in [-0.1, -0.05) is 25.1 Å². The third kappa shape index (κ3) is 3.67. The highest BCUT2D eigenvalue weighted by Gasteiger charge is 2.12. The van der Waals surface area contributed by atoms with Crippen LogP contribution < -0.4 is 5.32 Å². The molecule has 3 atom stereocenters. The van der Waals surface area contributed by atoms with Crippen LogP contribution in [0.2, 0.25) is 0 Å². The Hall–Kier alpha value is -1.13. The molecule has 3 nitrogen and oxygen atoms in total. The molecule has 0 saturated carbocycles. The van der Waals surface area contributed by atoms with Crippen molar-refractivity contribution in [1.82, 2.24) is 5.32 Å². The Morgan fingerprint density at radius 3 is 2.74 bits per heavy atom. The zero-order valence-electron chi connectivity index (χ0n) is 11.7. The molecular weight excluding hydrogens is 258 g/mol. The molecular formula is C15H21NO2S. The van der Waals surface area contributed by atoms with Gasteiger partial charge in [0, 0.05) is 27.7 Å². The van der Waals surface area contributed by atoms with Crippen molar-refractivity contribution in [2.45, 2.75) is 31.6 Å². The summed E-state index contributed by atoms with van der Waals surface area (Å²) in [5.74, 6) is 0.950. The molecule has 0 aliphatic carbocycles. The van der Waals surface area contributed by atoms with Crippen molar-refractivity contribution in [3.8, 4) is 0 Å². The molecule has 0 aliphatic heterocycles. The van der Waals surface area contributed by atoms with E-state index in [4.69, 9.17) is 4.42 Å². The Morgan fingerprint density at radius 2 is 2.05 bits per heavy atom. The summed E-state index contributed by atoms with van der Waals surface area (Å²) in [6, 6.07) is 10.3. The summed E-state index contributed by atoms with van der Waals surface area (Å²) < 4.78 is 17.1. The minimum atomic E-state index is -0.745. The van der Waals surface area contributed by atoms with Crippen molar-refractivity contribution in [2.75, 3.05) is 12.8 Å². The molecule has 2 rings (SSSR count). The van der Waals surface area contributed by atoms with Gasteiger partial charge in [-0.3, -0.25) is 4.21 Å². The van der Waals surface area contributed by atoms with E-state index < -0.39 is 10.8 Å². The predicted octanol–water partition coefficient (Wildman–Crippen LogP) is 3.24. The Balaban J connectivity index is 1.92.